The number of fused-ring (bicyclic) bond motifs is 1. The molecule has 98 valence electrons. The SMILES string of the molecule is CC1Cc2nnc(-c3cc(Cl)ccc3Cl)cc2C1C. The van der Waals surface area contributed by atoms with E-state index in [-0.39, 0.29) is 0 Å². The molecule has 1 aromatic carbocycles. The molecule has 3 rings (SSSR count). The first kappa shape index (κ1) is 12.9. The van der Waals surface area contributed by atoms with Gasteiger partial charge in [0.15, 0.2) is 0 Å². The summed E-state index contributed by atoms with van der Waals surface area (Å²) in [5.74, 6) is 1.14. The molecular formula is C15H14Cl2N2. The summed E-state index contributed by atoms with van der Waals surface area (Å²) in [6.07, 6.45) is 1.01. The highest BCUT2D eigenvalue weighted by atomic mass is 35.5. The highest BCUT2D eigenvalue weighted by molar-refractivity contribution is 6.35. The van der Waals surface area contributed by atoms with Crippen LogP contribution < -0.4 is 0 Å². The monoisotopic (exact) mass is 292 g/mol. The van der Waals surface area contributed by atoms with Crippen molar-refractivity contribution >= 4 is 23.2 Å². The zero-order valence-electron chi connectivity index (χ0n) is 10.8. The second-order valence-electron chi connectivity index (χ2n) is 5.23. The van der Waals surface area contributed by atoms with Crippen molar-refractivity contribution in [2.45, 2.75) is 26.2 Å². The van der Waals surface area contributed by atoms with E-state index in [2.05, 4.69) is 30.1 Å². The lowest BCUT2D eigenvalue weighted by molar-refractivity contribution is 0.530. The van der Waals surface area contributed by atoms with Crippen LogP contribution >= 0.6 is 23.2 Å². The van der Waals surface area contributed by atoms with E-state index in [1.54, 1.807) is 12.1 Å². The van der Waals surface area contributed by atoms with Gasteiger partial charge < -0.3 is 0 Å². The maximum Gasteiger partial charge on any atom is 0.0948 e. The van der Waals surface area contributed by atoms with Crippen LogP contribution in [0, 0.1) is 5.92 Å². The summed E-state index contributed by atoms with van der Waals surface area (Å²) in [7, 11) is 0. The normalized spacial score (nSPS) is 21.5. The van der Waals surface area contributed by atoms with Crippen molar-refractivity contribution in [3.8, 4) is 11.3 Å². The van der Waals surface area contributed by atoms with Crippen molar-refractivity contribution in [1.29, 1.82) is 0 Å². The Balaban J connectivity index is 2.11. The minimum atomic E-state index is 0.516. The summed E-state index contributed by atoms with van der Waals surface area (Å²) in [5, 5.41) is 9.96. The summed E-state index contributed by atoms with van der Waals surface area (Å²) in [6.45, 7) is 4.49. The smallest absolute Gasteiger partial charge is 0.0948 e. The summed E-state index contributed by atoms with van der Waals surface area (Å²) in [6, 6.07) is 7.51. The first-order chi connectivity index (χ1) is 9.06. The van der Waals surface area contributed by atoms with E-state index in [4.69, 9.17) is 23.2 Å². The van der Waals surface area contributed by atoms with Crippen LogP contribution in [0.25, 0.3) is 11.3 Å². The van der Waals surface area contributed by atoms with Crippen LogP contribution in [-0.4, -0.2) is 10.2 Å². The van der Waals surface area contributed by atoms with Crippen LogP contribution in [-0.2, 0) is 6.42 Å². The van der Waals surface area contributed by atoms with Crippen molar-refractivity contribution in [2.24, 2.45) is 5.92 Å². The average molecular weight is 293 g/mol. The van der Waals surface area contributed by atoms with Crippen LogP contribution in [0.5, 0.6) is 0 Å². The molecule has 1 aliphatic rings. The Bertz CT molecular complexity index is 640. The summed E-state index contributed by atoms with van der Waals surface area (Å²) in [5.41, 5.74) is 4.04. The van der Waals surface area contributed by atoms with Crippen molar-refractivity contribution in [3.05, 3.63) is 45.6 Å². The van der Waals surface area contributed by atoms with E-state index in [1.807, 2.05) is 6.07 Å². The van der Waals surface area contributed by atoms with Crippen molar-refractivity contribution in [2.75, 3.05) is 0 Å². The fourth-order valence-corrected chi connectivity index (χ4v) is 2.98. The van der Waals surface area contributed by atoms with Gasteiger partial charge in [-0.3, -0.25) is 0 Å². The first-order valence-electron chi connectivity index (χ1n) is 6.38. The van der Waals surface area contributed by atoms with Gasteiger partial charge in [0.2, 0.25) is 0 Å². The standard InChI is InChI=1S/C15H14Cl2N2/c1-8-5-14-11(9(8)2)7-15(19-18-14)12-6-10(16)3-4-13(12)17/h3-4,6-9H,5H2,1-2H3. The largest absolute Gasteiger partial charge is 0.155 e. The van der Waals surface area contributed by atoms with Crippen LogP contribution in [0.15, 0.2) is 24.3 Å². The molecule has 0 saturated carbocycles. The lowest BCUT2D eigenvalue weighted by atomic mass is 9.96. The van der Waals surface area contributed by atoms with E-state index in [1.165, 1.54) is 5.56 Å². The van der Waals surface area contributed by atoms with Gasteiger partial charge in [0.25, 0.3) is 0 Å². The van der Waals surface area contributed by atoms with Crippen molar-refractivity contribution < 1.29 is 0 Å². The van der Waals surface area contributed by atoms with E-state index < -0.39 is 0 Å². The zero-order chi connectivity index (χ0) is 13.6. The number of rotatable bonds is 1. The van der Waals surface area contributed by atoms with Gasteiger partial charge in [-0.15, -0.1) is 0 Å². The summed E-state index contributed by atoms with van der Waals surface area (Å²) < 4.78 is 0. The third kappa shape index (κ3) is 2.24. The Morgan fingerprint density at radius 2 is 1.89 bits per heavy atom. The Labute approximate surface area is 122 Å². The Morgan fingerprint density at radius 3 is 2.68 bits per heavy atom. The Kier molecular flexibility index (Phi) is 3.23. The lowest BCUT2D eigenvalue weighted by Gasteiger charge is -2.10. The maximum atomic E-state index is 6.22. The Hall–Kier alpha value is -1.12. The molecule has 0 fully saturated rings. The van der Waals surface area contributed by atoms with E-state index in [0.29, 0.717) is 21.9 Å². The fraction of sp³-hybridized carbons (Fsp3) is 0.333. The number of hydrogen-bond acceptors (Lipinski definition) is 2. The third-order valence-electron chi connectivity index (χ3n) is 3.97. The molecule has 0 saturated heterocycles. The average Bonchev–Trinajstić information content (AvgIpc) is 2.68. The molecule has 1 aromatic heterocycles. The lowest BCUT2D eigenvalue weighted by Crippen LogP contribution is -1.98. The first-order valence-corrected chi connectivity index (χ1v) is 7.14. The topological polar surface area (TPSA) is 25.8 Å². The second-order valence-corrected chi connectivity index (χ2v) is 6.07. The van der Waals surface area contributed by atoms with Crippen LogP contribution in [0.3, 0.4) is 0 Å². The van der Waals surface area contributed by atoms with Gasteiger partial charge in [-0.1, -0.05) is 37.0 Å². The quantitative estimate of drug-likeness (QED) is 0.758. The summed E-state index contributed by atoms with van der Waals surface area (Å²) >= 11 is 12.2. The molecule has 2 aromatic rings. The molecule has 2 atom stereocenters. The minimum Gasteiger partial charge on any atom is -0.155 e. The molecule has 4 heteroatoms. The van der Waals surface area contributed by atoms with Crippen molar-refractivity contribution in [1.82, 2.24) is 10.2 Å². The molecule has 1 aliphatic carbocycles. The van der Waals surface area contributed by atoms with Gasteiger partial charge >= 0.3 is 0 Å². The molecule has 2 unspecified atom stereocenters. The highest BCUT2D eigenvalue weighted by Gasteiger charge is 2.28. The molecule has 2 nitrogen and oxygen atoms in total. The third-order valence-corrected chi connectivity index (χ3v) is 4.53. The minimum absolute atomic E-state index is 0.516. The van der Waals surface area contributed by atoms with Crippen LogP contribution in [0.2, 0.25) is 10.0 Å². The highest BCUT2D eigenvalue weighted by Crippen LogP contribution is 2.38. The number of nitrogens with zero attached hydrogens (tertiary/aromatic N) is 2. The second kappa shape index (κ2) is 4.77. The van der Waals surface area contributed by atoms with E-state index in [0.717, 1.165) is 23.4 Å². The van der Waals surface area contributed by atoms with Gasteiger partial charge in [-0.25, -0.2) is 0 Å². The molecule has 0 N–H and O–H groups in total. The number of benzene rings is 1. The van der Waals surface area contributed by atoms with Gasteiger partial charge in [-0.2, -0.15) is 10.2 Å². The summed E-state index contributed by atoms with van der Waals surface area (Å²) in [4.78, 5) is 0. The van der Waals surface area contributed by atoms with Gasteiger partial charge in [0.1, 0.15) is 0 Å². The molecular weight excluding hydrogens is 279 g/mol. The molecule has 19 heavy (non-hydrogen) atoms. The van der Waals surface area contributed by atoms with Crippen LogP contribution in [0.4, 0.5) is 0 Å². The molecule has 1 heterocycles. The predicted molar refractivity (Wildman–Crippen MR) is 78.8 cm³/mol. The van der Waals surface area contributed by atoms with Crippen molar-refractivity contribution in [3.63, 3.8) is 0 Å². The Morgan fingerprint density at radius 1 is 1.11 bits per heavy atom. The molecule has 0 amide bonds. The van der Waals surface area contributed by atoms with E-state index in [9.17, 15) is 0 Å². The molecule has 0 spiro atoms. The van der Waals surface area contributed by atoms with Gasteiger partial charge in [0, 0.05) is 10.6 Å². The predicted octanol–water partition coefficient (Wildman–Crippen LogP) is 4.75. The number of hydrogen-bond donors (Lipinski definition) is 0. The number of aromatic nitrogens is 2. The van der Waals surface area contributed by atoms with Gasteiger partial charge in [0.05, 0.1) is 16.4 Å². The fourth-order valence-electron chi connectivity index (χ4n) is 2.60. The zero-order valence-corrected chi connectivity index (χ0v) is 12.3. The molecule has 0 aliphatic heterocycles. The van der Waals surface area contributed by atoms with Crippen LogP contribution in [0.1, 0.15) is 31.0 Å². The van der Waals surface area contributed by atoms with Gasteiger partial charge in [-0.05, 0) is 48.1 Å². The number of halogens is 2. The van der Waals surface area contributed by atoms with E-state index >= 15 is 0 Å². The molecule has 0 radical (unpaired) electrons. The molecule has 0 bridgehead atoms. The maximum absolute atomic E-state index is 6.22.